The van der Waals surface area contributed by atoms with Crippen molar-refractivity contribution in [2.45, 2.75) is 26.7 Å². The fourth-order valence-corrected chi connectivity index (χ4v) is 2.65. The molecular weight excluding hydrogens is 313 g/mol. The summed E-state index contributed by atoms with van der Waals surface area (Å²) in [5, 5.41) is 9.46. The minimum Gasteiger partial charge on any atom is -0.481 e. The molecule has 0 aliphatic heterocycles. The van der Waals surface area contributed by atoms with Gasteiger partial charge in [-0.1, -0.05) is 6.92 Å². The van der Waals surface area contributed by atoms with E-state index in [0.29, 0.717) is 18.2 Å². The number of benzene rings is 1. The first-order valence-corrected chi connectivity index (χ1v) is 6.89. The second-order valence-corrected chi connectivity index (χ2v) is 5.64. The molecule has 0 bridgehead atoms. The van der Waals surface area contributed by atoms with E-state index in [1.807, 2.05) is 6.92 Å². The lowest BCUT2D eigenvalue weighted by atomic mass is 9.99. The summed E-state index contributed by atoms with van der Waals surface area (Å²) in [6.07, 6.45) is 1.04. The molecule has 1 aromatic heterocycles. The number of carboxylic acid groups (broad SMARTS) is 1. The summed E-state index contributed by atoms with van der Waals surface area (Å²) in [5.41, 5.74) is 2.48. The third-order valence-electron chi connectivity index (χ3n) is 3.42. The molecule has 19 heavy (non-hydrogen) atoms. The highest BCUT2D eigenvalue weighted by molar-refractivity contribution is 9.10. The lowest BCUT2D eigenvalue weighted by Gasteiger charge is -2.06. The number of hydrogen-bond donors (Lipinski definition) is 2. The predicted molar refractivity (Wildman–Crippen MR) is 75.8 cm³/mol. The fraction of sp³-hybridized carbons (Fsp3) is 0.357. The quantitative estimate of drug-likeness (QED) is 0.890. The molecule has 0 aliphatic rings. The fourth-order valence-electron chi connectivity index (χ4n) is 2.22. The van der Waals surface area contributed by atoms with Gasteiger partial charge in [0.2, 0.25) is 0 Å². The van der Waals surface area contributed by atoms with Gasteiger partial charge in [0.1, 0.15) is 5.82 Å². The van der Waals surface area contributed by atoms with Gasteiger partial charge in [0.25, 0.3) is 0 Å². The standard InChI is InChI=1S/C14H15BrFNO2/c1-7(14(18)19)3-4-9-8(2)17-13-10(15)5-6-11(16)12(9)13/h5-7,17H,3-4H2,1-2H3,(H,18,19). The molecule has 1 atom stereocenters. The van der Waals surface area contributed by atoms with Gasteiger partial charge >= 0.3 is 5.97 Å². The summed E-state index contributed by atoms with van der Waals surface area (Å²) in [5.74, 6) is -1.53. The van der Waals surface area contributed by atoms with Crippen molar-refractivity contribution in [2.24, 2.45) is 5.92 Å². The summed E-state index contributed by atoms with van der Waals surface area (Å²) in [7, 11) is 0. The second-order valence-electron chi connectivity index (χ2n) is 4.79. The van der Waals surface area contributed by atoms with Crippen LogP contribution in [0.5, 0.6) is 0 Å². The Kier molecular flexibility index (Phi) is 3.94. The molecule has 0 aliphatic carbocycles. The molecule has 1 unspecified atom stereocenters. The van der Waals surface area contributed by atoms with E-state index in [-0.39, 0.29) is 5.82 Å². The summed E-state index contributed by atoms with van der Waals surface area (Å²) >= 11 is 3.39. The van der Waals surface area contributed by atoms with Crippen LogP contribution in [0, 0.1) is 18.7 Å². The second kappa shape index (κ2) is 5.33. The molecule has 1 heterocycles. The summed E-state index contributed by atoms with van der Waals surface area (Å²) in [6, 6.07) is 3.08. The number of hydrogen-bond acceptors (Lipinski definition) is 1. The van der Waals surface area contributed by atoms with E-state index in [9.17, 15) is 9.18 Å². The Balaban J connectivity index is 2.40. The highest BCUT2D eigenvalue weighted by Gasteiger charge is 2.17. The molecule has 5 heteroatoms. The highest BCUT2D eigenvalue weighted by atomic mass is 79.9. The topological polar surface area (TPSA) is 53.1 Å². The zero-order valence-electron chi connectivity index (χ0n) is 10.8. The molecule has 1 aromatic carbocycles. The van der Waals surface area contributed by atoms with Crippen LogP contribution in [0.1, 0.15) is 24.6 Å². The van der Waals surface area contributed by atoms with Crippen LogP contribution in [0.15, 0.2) is 16.6 Å². The molecule has 2 rings (SSSR count). The van der Waals surface area contributed by atoms with Crippen LogP contribution in [0.3, 0.4) is 0 Å². The number of fused-ring (bicyclic) bond motifs is 1. The molecule has 102 valence electrons. The number of carboxylic acids is 1. The number of H-pyrrole nitrogens is 1. The Morgan fingerprint density at radius 1 is 1.53 bits per heavy atom. The summed E-state index contributed by atoms with van der Waals surface area (Å²) in [6.45, 7) is 3.55. The van der Waals surface area contributed by atoms with Crippen molar-refractivity contribution >= 4 is 32.8 Å². The van der Waals surface area contributed by atoms with Crippen molar-refractivity contribution in [3.05, 3.63) is 33.7 Å². The number of carbonyl (C=O) groups is 1. The molecule has 2 N–H and O–H groups in total. The van der Waals surface area contributed by atoms with Crippen LogP contribution < -0.4 is 0 Å². The van der Waals surface area contributed by atoms with Gasteiger partial charge in [-0.2, -0.15) is 0 Å². The largest absolute Gasteiger partial charge is 0.481 e. The van der Waals surface area contributed by atoms with Crippen LogP contribution in [0.4, 0.5) is 4.39 Å². The van der Waals surface area contributed by atoms with Crippen molar-refractivity contribution in [3.8, 4) is 0 Å². The van der Waals surface area contributed by atoms with Crippen LogP contribution >= 0.6 is 15.9 Å². The normalized spacial score (nSPS) is 12.8. The highest BCUT2D eigenvalue weighted by Crippen LogP contribution is 2.31. The first kappa shape index (κ1) is 14.1. The lowest BCUT2D eigenvalue weighted by Crippen LogP contribution is -2.10. The zero-order chi connectivity index (χ0) is 14.2. The Morgan fingerprint density at radius 3 is 2.84 bits per heavy atom. The van der Waals surface area contributed by atoms with E-state index >= 15 is 0 Å². The molecule has 0 saturated carbocycles. The number of halogens is 2. The molecule has 3 nitrogen and oxygen atoms in total. The Labute approximate surface area is 119 Å². The summed E-state index contributed by atoms with van der Waals surface area (Å²) < 4.78 is 14.8. The molecule has 2 aromatic rings. The Hall–Kier alpha value is -1.36. The minimum absolute atomic E-state index is 0.277. The van der Waals surface area contributed by atoms with Gasteiger partial charge in [-0.3, -0.25) is 4.79 Å². The van der Waals surface area contributed by atoms with E-state index in [1.165, 1.54) is 6.07 Å². The van der Waals surface area contributed by atoms with Gasteiger partial charge in [-0.15, -0.1) is 0 Å². The third-order valence-corrected chi connectivity index (χ3v) is 4.08. The average molecular weight is 328 g/mol. The number of nitrogens with one attached hydrogen (secondary N) is 1. The first-order valence-electron chi connectivity index (χ1n) is 6.09. The predicted octanol–water partition coefficient (Wildman–Crippen LogP) is 4.03. The molecular formula is C14H15BrFNO2. The van der Waals surface area contributed by atoms with Crippen LogP contribution in [-0.2, 0) is 11.2 Å². The molecule has 0 fully saturated rings. The maximum Gasteiger partial charge on any atom is 0.306 e. The van der Waals surface area contributed by atoms with E-state index in [4.69, 9.17) is 5.11 Å². The van der Waals surface area contributed by atoms with E-state index in [0.717, 1.165) is 21.2 Å². The van der Waals surface area contributed by atoms with Crippen molar-refractivity contribution in [2.75, 3.05) is 0 Å². The van der Waals surface area contributed by atoms with E-state index < -0.39 is 11.9 Å². The van der Waals surface area contributed by atoms with Gasteiger partial charge in [-0.25, -0.2) is 4.39 Å². The zero-order valence-corrected chi connectivity index (χ0v) is 12.3. The maximum atomic E-state index is 14.0. The summed E-state index contributed by atoms with van der Waals surface area (Å²) in [4.78, 5) is 14.0. The van der Waals surface area contributed by atoms with Crippen molar-refractivity contribution in [1.29, 1.82) is 0 Å². The number of aryl methyl sites for hydroxylation is 2. The van der Waals surface area contributed by atoms with Crippen LogP contribution in [0.2, 0.25) is 0 Å². The molecule has 0 amide bonds. The third kappa shape index (κ3) is 2.66. The number of aliphatic carboxylic acids is 1. The SMILES string of the molecule is Cc1[nH]c2c(Br)ccc(F)c2c1CCC(C)C(=O)O. The van der Waals surface area contributed by atoms with E-state index in [2.05, 4.69) is 20.9 Å². The van der Waals surface area contributed by atoms with E-state index in [1.54, 1.807) is 13.0 Å². The maximum absolute atomic E-state index is 14.0. The van der Waals surface area contributed by atoms with Gasteiger partial charge in [0.05, 0.1) is 11.4 Å². The minimum atomic E-state index is -0.820. The van der Waals surface area contributed by atoms with Crippen LogP contribution in [0.25, 0.3) is 10.9 Å². The lowest BCUT2D eigenvalue weighted by molar-refractivity contribution is -0.141. The Morgan fingerprint density at radius 2 is 2.21 bits per heavy atom. The average Bonchev–Trinajstić information content (AvgIpc) is 2.69. The molecule has 0 spiro atoms. The van der Waals surface area contributed by atoms with Gasteiger partial charge in [0.15, 0.2) is 0 Å². The van der Waals surface area contributed by atoms with Crippen LogP contribution in [-0.4, -0.2) is 16.1 Å². The Bertz CT molecular complexity index is 636. The van der Waals surface area contributed by atoms with Crippen molar-refractivity contribution in [1.82, 2.24) is 4.98 Å². The first-order chi connectivity index (χ1) is 8.91. The molecule has 0 saturated heterocycles. The smallest absolute Gasteiger partial charge is 0.306 e. The van der Waals surface area contributed by atoms with Gasteiger partial charge in [0, 0.05) is 15.6 Å². The molecule has 0 radical (unpaired) electrons. The van der Waals surface area contributed by atoms with Gasteiger partial charge < -0.3 is 10.1 Å². The monoisotopic (exact) mass is 327 g/mol. The van der Waals surface area contributed by atoms with Gasteiger partial charge in [-0.05, 0) is 53.4 Å². The van der Waals surface area contributed by atoms with Crippen molar-refractivity contribution < 1.29 is 14.3 Å². The van der Waals surface area contributed by atoms with Crippen molar-refractivity contribution in [3.63, 3.8) is 0 Å². The number of aromatic nitrogens is 1. The number of aromatic amines is 1. The number of rotatable bonds is 4.